The van der Waals surface area contributed by atoms with Crippen molar-refractivity contribution in [3.63, 3.8) is 0 Å². The Hall–Kier alpha value is -1.65. The van der Waals surface area contributed by atoms with Crippen LogP contribution < -0.4 is 0 Å². The van der Waals surface area contributed by atoms with Gasteiger partial charge in [-0.05, 0) is 69.4 Å². The van der Waals surface area contributed by atoms with Crippen molar-refractivity contribution >= 4 is 10.0 Å². The molecule has 1 aromatic rings. The van der Waals surface area contributed by atoms with Gasteiger partial charge in [0.05, 0.1) is 4.90 Å². The van der Waals surface area contributed by atoms with Crippen molar-refractivity contribution < 1.29 is 8.42 Å². The van der Waals surface area contributed by atoms with E-state index in [1.54, 1.807) is 22.5 Å². The van der Waals surface area contributed by atoms with E-state index in [1.165, 1.54) is 11.1 Å². The molecule has 0 fully saturated rings. The van der Waals surface area contributed by atoms with Gasteiger partial charge in [-0.2, -0.15) is 4.31 Å². The number of sulfonamides is 1. The summed E-state index contributed by atoms with van der Waals surface area (Å²) in [5.41, 5.74) is 5.83. The molecule has 0 N–H and O–H groups in total. The molecule has 0 saturated heterocycles. The molecule has 0 saturated carbocycles. The van der Waals surface area contributed by atoms with Crippen LogP contribution >= 0.6 is 0 Å². The second-order valence-electron chi connectivity index (χ2n) is 6.59. The maximum absolute atomic E-state index is 13.0. The number of nitrogens with zero attached hydrogens (tertiary/aromatic N) is 1. The van der Waals surface area contributed by atoms with Crippen molar-refractivity contribution in [3.05, 3.63) is 64.8 Å². The van der Waals surface area contributed by atoms with Gasteiger partial charge in [-0.15, -0.1) is 0 Å². The summed E-state index contributed by atoms with van der Waals surface area (Å²) in [5, 5.41) is 0. The Kier molecular flexibility index (Phi) is 5.83. The van der Waals surface area contributed by atoms with E-state index in [9.17, 15) is 8.42 Å². The lowest BCUT2D eigenvalue weighted by atomic mass is 9.92. The summed E-state index contributed by atoms with van der Waals surface area (Å²) in [6, 6.07) is 7.06. The number of rotatable bonds is 3. The molecule has 3 nitrogen and oxygen atoms in total. The molecule has 1 heterocycles. The molecular weight excluding hydrogens is 318 g/mol. The van der Waals surface area contributed by atoms with Crippen molar-refractivity contribution in [1.29, 1.82) is 0 Å². The molecule has 24 heavy (non-hydrogen) atoms. The SMILES string of the molecule is C=CC1=C(C)C(=C(C)C)CCCN(S(=O)(=O)c2ccc(C)cc2)C1. The zero-order valence-electron chi connectivity index (χ0n) is 15.1. The fraction of sp³-hybridized carbons (Fsp3) is 0.400. The van der Waals surface area contributed by atoms with Crippen LogP contribution in [0.25, 0.3) is 0 Å². The van der Waals surface area contributed by atoms with Crippen LogP contribution in [0.4, 0.5) is 0 Å². The van der Waals surface area contributed by atoms with Gasteiger partial charge in [-0.3, -0.25) is 0 Å². The Morgan fingerprint density at radius 2 is 1.79 bits per heavy atom. The predicted molar refractivity (Wildman–Crippen MR) is 100 cm³/mol. The fourth-order valence-electron chi connectivity index (χ4n) is 3.11. The summed E-state index contributed by atoms with van der Waals surface area (Å²) in [6.07, 6.45) is 3.51. The quantitative estimate of drug-likeness (QED) is 0.802. The minimum absolute atomic E-state index is 0.358. The molecular formula is C20H27NO2S. The minimum Gasteiger partial charge on any atom is -0.207 e. The number of hydrogen-bond donors (Lipinski definition) is 0. The van der Waals surface area contributed by atoms with Crippen molar-refractivity contribution in [1.82, 2.24) is 4.31 Å². The monoisotopic (exact) mass is 345 g/mol. The molecule has 1 aromatic carbocycles. The van der Waals surface area contributed by atoms with Crippen LogP contribution in [-0.4, -0.2) is 25.8 Å². The lowest BCUT2D eigenvalue weighted by Gasteiger charge is -2.27. The van der Waals surface area contributed by atoms with Crippen molar-refractivity contribution in [3.8, 4) is 0 Å². The first-order valence-corrected chi connectivity index (χ1v) is 9.77. The number of hydrogen-bond acceptors (Lipinski definition) is 2. The van der Waals surface area contributed by atoms with E-state index in [4.69, 9.17) is 0 Å². The van der Waals surface area contributed by atoms with Crippen molar-refractivity contribution in [2.45, 2.75) is 45.4 Å². The molecule has 0 bridgehead atoms. The minimum atomic E-state index is -3.49. The molecule has 130 valence electrons. The molecule has 0 amide bonds. The summed E-state index contributed by atoms with van der Waals surface area (Å²) in [6.45, 7) is 13.1. The first kappa shape index (κ1) is 18.7. The van der Waals surface area contributed by atoms with Crippen LogP contribution in [0.2, 0.25) is 0 Å². The largest absolute Gasteiger partial charge is 0.243 e. The Balaban J connectivity index is 2.44. The molecule has 1 aliphatic rings. The highest BCUT2D eigenvalue weighted by Crippen LogP contribution is 2.28. The summed E-state index contributed by atoms with van der Waals surface area (Å²) in [4.78, 5) is 0.358. The smallest absolute Gasteiger partial charge is 0.207 e. The van der Waals surface area contributed by atoms with Crippen LogP contribution in [0.5, 0.6) is 0 Å². The summed E-state index contributed by atoms with van der Waals surface area (Å²) in [7, 11) is -3.49. The first-order chi connectivity index (χ1) is 11.3. The summed E-state index contributed by atoms with van der Waals surface area (Å²) >= 11 is 0. The zero-order valence-corrected chi connectivity index (χ0v) is 15.9. The normalized spacial score (nSPS) is 17.4. The molecule has 2 rings (SSSR count). The van der Waals surface area contributed by atoms with E-state index < -0.39 is 10.0 Å². The maximum atomic E-state index is 13.0. The first-order valence-electron chi connectivity index (χ1n) is 8.33. The average Bonchev–Trinajstić information content (AvgIpc) is 2.51. The van der Waals surface area contributed by atoms with Gasteiger partial charge in [-0.25, -0.2) is 8.42 Å². The predicted octanol–water partition coefficient (Wildman–Crippen LogP) is 4.62. The highest BCUT2D eigenvalue weighted by molar-refractivity contribution is 7.89. The number of aryl methyl sites for hydroxylation is 1. The third-order valence-corrected chi connectivity index (χ3v) is 6.48. The van der Waals surface area contributed by atoms with Crippen LogP contribution in [0.15, 0.2) is 64.1 Å². The average molecular weight is 346 g/mol. The standard InChI is InChI=1S/C20H27NO2S/c1-6-18-14-21(13-7-8-20(15(2)3)17(18)5)24(22,23)19-11-9-16(4)10-12-19/h6,9-12H,1,7-8,13-14H2,2-5H3. The van der Waals surface area contributed by atoms with Gasteiger partial charge in [0, 0.05) is 13.1 Å². The highest BCUT2D eigenvalue weighted by Gasteiger charge is 2.26. The Labute approximate surface area is 146 Å². The second kappa shape index (κ2) is 7.49. The van der Waals surface area contributed by atoms with E-state index in [0.29, 0.717) is 18.0 Å². The second-order valence-corrected chi connectivity index (χ2v) is 8.53. The van der Waals surface area contributed by atoms with Gasteiger partial charge in [0.1, 0.15) is 0 Å². The molecule has 0 aromatic heterocycles. The van der Waals surface area contributed by atoms with E-state index in [2.05, 4.69) is 27.4 Å². The van der Waals surface area contributed by atoms with Crippen molar-refractivity contribution in [2.75, 3.05) is 13.1 Å². The number of allylic oxidation sites excluding steroid dienone is 3. The van der Waals surface area contributed by atoms with Gasteiger partial charge < -0.3 is 0 Å². The molecule has 4 heteroatoms. The molecule has 0 atom stereocenters. The van der Waals surface area contributed by atoms with Crippen molar-refractivity contribution in [2.24, 2.45) is 0 Å². The maximum Gasteiger partial charge on any atom is 0.243 e. The van der Waals surface area contributed by atoms with Gasteiger partial charge in [-0.1, -0.05) is 35.9 Å². The summed E-state index contributed by atoms with van der Waals surface area (Å²) < 4.78 is 27.6. The van der Waals surface area contributed by atoms with Crippen LogP contribution in [0, 0.1) is 6.92 Å². The van der Waals surface area contributed by atoms with E-state index in [1.807, 2.05) is 19.1 Å². The third kappa shape index (κ3) is 3.87. The van der Waals surface area contributed by atoms with E-state index in [0.717, 1.165) is 29.6 Å². The van der Waals surface area contributed by atoms with Crippen LogP contribution in [0.1, 0.15) is 39.2 Å². The van der Waals surface area contributed by atoms with E-state index >= 15 is 0 Å². The lowest BCUT2D eigenvalue weighted by molar-refractivity contribution is 0.425. The molecule has 1 aliphatic heterocycles. The Morgan fingerprint density at radius 3 is 2.33 bits per heavy atom. The molecule has 0 unspecified atom stereocenters. The molecule has 0 aliphatic carbocycles. The summed E-state index contributed by atoms with van der Waals surface area (Å²) in [5.74, 6) is 0. The van der Waals surface area contributed by atoms with Gasteiger partial charge in [0.25, 0.3) is 0 Å². The Bertz CT molecular complexity index is 779. The van der Waals surface area contributed by atoms with Gasteiger partial charge >= 0.3 is 0 Å². The van der Waals surface area contributed by atoms with Crippen LogP contribution in [-0.2, 0) is 10.0 Å². The lowest BCUT2D eigenvalue weighted by Crippen LogP contribution is -2.35. The fourth-order valence-corrected chi connectivity index (χ4v) is 4.56. The van der Waals surface area contributed by atoms with E-state index in [-0.39, 0.29) is 0 Å². The molecule has 0 spiro atoms. The van der Waals surface area contributed by atoms with Gasteiger partial charge in [0.15, 0.2) is 0 Å². The topological polar surface area (TPSA) is 37.4 Å². The van der Waals surface area contributed by atoms with Crippen LogP contribution in [0.3, 0.4) is 0 Å². The Morgan fingerprint density at radius 1 is 1.17 bits per heavy atom. The van der Waals surface area contributed by atoms with Gasteiger partial charge in [0.2, 0.25) is 10.0 Å². The third-order valence-electron chi connectivity index (χ3n) is 4.62. The zero-order chi connectivity index (χ0) is 17.9. The number of benzene rings is 1. The highest BCUT2D eigenvalue weighted by atomic mass is 32.2. The molecule has 0 radical (unpaired) electrons.